The summed E-state index contributed by atoms with van der Waals surface area (Å²) < 4.78 is 13.6. The van der Waals surface area contributed by atoms with Gasteiger partial charge in [-0.15, -0.1) is 0 Å². The Morgan fingerprint density at radius 2 is 1.91 bits per heavy atom. The first-order valence-electron chi connectivity index (χ1n) is 6.64. The van der Waals surface area contributed by atoms with Gasteiger partial charge in [0, 0.05) is 36.3 Å². The Bertz CT molecular complexity index is 731. The van der Waals surface area contributed by atoms with Crippen LogP contribution >= 0.6 is 0 Å². The van der Waals surface area contributed by atoms with Crippen molar-refractivity contribution in [2.45, 2.75) is 13.5 Å². The molecule has 0 bridgehead atoms. The fraction of sp³-hybridized carbons (Fsp3) is 0.188. The van der Waals surface area contributed by atoms with E-state index < -0.39 is 10.7 Å². The minimum atomic E-state index is -0.525. The first-order valence-corrected chi connectivity index (χ1v) is 6.64. The van der Waals surface area contributed by atoms with E-state index in [4.69, 9.17) is 0 Å². The lowest BCUT2D eigenvalue weighted by atomic mass is 10.1. The van der Waals surface area contributed by atoms with Crippen molar-refractivity contribution in [2.75, 3.05) is 7.05 Å². The molecule has 0 unspecified atom stereocenters. The lowest BCUT2D eigenvalue weighted by Gasteiger charge is -2.18. The van der Waals surface area contributed by atoms with Crippen LogP contribution in [0.3, 0.4) is 0 Å². The summed E-state index contributed by atoms with van der Waals surface area (Å²) in [5, 5.41) is 10.9. The van der Waals surface area contributed by atoms with Crippen molar-refractivity contribution >= 4 is 11.6 Å². The highest BCUT2D eigenvalue weighted by Gasteiger charge is 2.21. The molecule has 22 heavy (non-hydrogen) atoms. The maximum Gasteiger partial charge on any atom is 0.273 e. The third-order valence-electron chi connectivity index (χ3n) is 3.44. The third-order valence-corrected chi connectivity index (χ3v) is 3.44. The van der Waals surface area contributed by atoms with Crippen LogP contribution in [0.4, 0.5) is 10.1 Å². The average molecular weight is 302 g/mol. The van der Waals surface area contributed by atoms with Crippen LogP contribution in [-0.2, 0) is 6.54 Å². The molecule has 5 nitrogen and oxygen atoms in total. The number of rotatable bonds is 4. The molecule has 0 saturated carbocycles. The molecule has 0 heterocycles. The van der Waals surface area contributed by atoms with Crippen molar-refractivity contribution in [2.24, 2.45) is 0 Å². The fourth-order valence-corrected chi connectivity index (χ4v) is 2.21. The molecule has 1 amide bonds. The molecule has 0 radical (unpaired) electrons. The van der Waals surface area contributed by atoms with Gasteiger partial charge in [-0.05, 0) is 19.1 Å². The molecule has 114 valence electrons. The van der Waals surface area contributed by atoms with E-state index in [9.17, 15) is 19.3 Å². The van der Waals surface area contributed by atoms with Crippen molar-refractivity contribution in [3.05, 3.63) is 75.1 Å². The maximum atomic E-state index is 13.6. The molecule has 0 aliphatic carbocycles. The molecule has 0 N–H and O–H groups in total. The molecule has 6 heteroatoms. The minimum Gasteiger partial charge on any atom is -0.337 e. The van der Waals surface area contributed by atoms with Crippen molar-refractivity contribution in [3.8, 4) is 0 Å². The van der Waals surface area contributed by atoms with E-state index in [-0.39, 0.29) is 23.7 Å². The zero-order chi connectivity index (χ0) is 16.3. The summed E-state index contributed by atoms with van der Waals surface area (Å²) in [6, 6.07) is 10.5. The summed E-state index contributed by atoms with van der Waals surface area (Å²) in [7, 11) is 1.53. The highest BCUT2D eigenvalue weighted by molar-refractivity contribution is 5.96. The number of amides is 1. The SMILES string of the molecule is Cc1c(C(=O)N(C)Cc2ccccc2F)cccc1[N+](=O)[O-]. The van der Waals surface area contributed by atoms with E-state index in [1.807, 2.05) is 0 Å². The largest absolute Gasteiger partial charge is 0.337 e. The Labute approximate surface area is 127 Å². The number of nitro groups is 1. The molecule has 2 aromatic rings. The van der Waals surface area contributed by atoms with Crippen LogP contribution < -0.4 is 0 Å². The number of carbonyl (C=O) groups is 1. The maximum absolute atomic E-state index is 13.6. The van der Waals surface area contributed by atoms with E-state index in [1.54, 1.807) is 18.2 Å². The van der Waals surface area contributed by atoms with Crippen LogP contribution in [0.15, 0.2) is 42.5 Å². The van der Waals surface area contributed by atoms with Crippen LogP contribution in [0.1, 0.15) is 21.5 Å². The Hall–Kier alpha value is -2.76. The molecular formula is C16H15FN2O3. The second kappa shape index (κ2) is 6.34. The topological polar surface area (TPSA) is 63.5 Å². The molecule has 0 saturated heterocycles. The molecule has 0 aliphatic heterocycles. The number of hydrogen-bond donors (Lipinski definition) is 0. The zero-order valence-corrected chi connectivity index (χ0v) is 12.2. The van der Waals surface area contributed by atoms with Crippen molar-refractivity contribution < 1.29 is 14.1 Å². The Kier molecular flexibility index (Phi) is 4.50. The Morgan fingerprint density at radius 3 is 2.55 bits per heavy atom. The van der Waals surface area contributed by atoms with Crippen LogP contribution in [0, 0.1) is 22.9 Å². The number of nitro benzene ring substituents is 1. The van der Waals surface area contributed by atoms with Gasteiger partial charge in [0.05, 0.1) is 4.92 Å². The predicted molar refractivity (Wildman–Crippen MR) is 80.0 cm³/mol. The van der Waals surface area contributed by atoms with E-state index in [0.29, 0.717) is 11.1 Å². The number of halogens is 1. The molecule has 0 aliphatic rings. The quantitative estimate of drug-likeness (QED) is 0.643. The summed E-state index contributed by atoms with van der Waals surface area (Å²) in [6.07, 6.45) is 0. The highest BCUT2D eigenvalue weighted by Crippen LogP contribution is 2.22. The van der Waals surface area contributed by atoms with Gasteiger partial charge in [0.25, 0.3) is 11.6 Å². The lowest BCUT2D eigenvalue weighted by Crippen LogP contribution is -2.27. The summed E-state index contributed by atoms with van der Waals surface area (Å²) >= 11 is 0. The van der Waals surface area contributed by atoms with Crippen LogP contribution in [0.5, 0.6) is 0 Å². The molecule has 0 atom stereocenters. The smallest absolute Gasteiger partial charge is 0.273 e. The molecule has 2 rings (SSSR count). The number of carbonyl (C=O) groups excluding carboxylic acids is 1. The normalized spacial score (nSPS) is 10.3. The van der Waals surface area contributed by atoms with Gasteiger partial charge in [-0.3, -0.25) is 14.9 Å². The van der Waals surface area contributed by atoms with E-state index in [0.717, 1.165) is 0 Å². The van der Waals surface area contributed by atoms with Crippen LogP contribution in [0.25, 0.3) is 0 Å². The average Bonchev–Trinajstić information content (AvgIpc) is 2.48. The number of nitrogens with zero attached hydrogens (tertiary/aromatic N) is 2. The second-order valence-corrected chi connectivity index (χ2v) is 4.96. The van der Waals surface area contributed by atoms with Gasteiger partial charge in [-0.2, -0.15) is 0 Å². The molecule has 0 fully saturated rings. The Balaban J connectivity index is 2.27. The highest BCUT2D eigenvalue weighted by atomic mass is 19.1. The fourth-order valence-electron chi connectivity index (χ4n) is 2.21. The monoisotopic (exact) mass is 302 g/mol. The van der Waals surface area contributed by atoms with Crippen molar-refractivity contribution in [3.63, 3.8) is 0 Å². The van der Waals surface area contributed by atoms with Gasteiger partial charge in [-0.1, -0.05) is 24.3 Å². The van der Waals surface area contributed by atoms with Crippen LogP contribution in [0.2, 0.25) is 0 Å². The lowest BCUT2D eigenvalue weighted by molar-refractivity contribution is -0.385. The van der Waals surface area contributed by atoms with Gasteiger partial charge >= 0.3 is 0 Å². The molecule has 2 aromatic carbocycles. The van der Waals surface area contributed by atoms with Gasteiger partial charge < -0.3 is 4.90 Å². The van der Waals surface area contributed by atoms with E-state index in [2.05, 4.69) is 0 Å². The Morgan fingerprint density at radius 1 is 1.23 bits per heavy atom. The molecular weight excluding hydrogens is 287 g/mol. The minimum absolute atomic E-state index is 0.0909. The van der Waals surface area contributed by atoms with E-state index in [1.165, 1.54) is 43.1 Å². The van der Waals surface area contributed by atoms with Gasteiger partial charge in [-0.25, -0.2) is 4.39 Å². The first-order chi connectivity index (χ1) is 10.4. The van der Waals surface area contributed by atoms with Gasteiger partial charge in [0.2, 0.25) is 0 Å². The van der Waals surface area contributed by atoms with Crippen molar-refractivity contribution in [1.29, 1.82) is 0 Å². The van der Waals surface area contributed by atoms with E-state index >= 15 is 0 Å². The number of benzene rings is 2. The predicted octanol–water partition coefficient (Wildman–Crippen LogP) is 3.31. The summed E-state index contributed by atoms with van der Waals surface area (Å²) in [5.74, 6) is -0.776. The summed E-state index contributed by atoms with van der Waals surface area (Å²) in [4.78, 5) is 24.2. The van der Waals surface area contributed by atoms with Crippen LogP contribution in [-0.4, -0.2) is 22.8 Å². The zero-order valence-electron chi connectivity index (χ0n) is 12.2. The molecule has 0 aromatic heterocycles. The summed E-state index contributed by atoms with van der Waals surface area (Å²) in [5.41, 5.74) is 0.831. The van der Waals surface area contributed by atoms with Gasteiger partial charge in [0.1, 0.15) is 5.82 Å². The van der Waals surface area contributed by atoms with Crippen molar-refractivity contribution in [1.82, 2.24) is 4.90 Å². The third kappa shape index (κ3) is 3.11. The summed E-state index contributed by atoms with van der Waals surface area (Å²) in [6.45, 7) is 1.62. The molecule has 0 spiro atoms. The second-order valence-electron chi connectivity index (χ2n) is 4.96. The standard InChI is InChI=1S/C16H15FN2O3/c1-11-13(7-5-9-15(11)19(21)22)16(20)18(2)10-12-6-3-4-8-14(12)17/h3-9H,10H2,1-2H3. The number of hydrogen-bond acceptors (Lipinski definition) is 3. The first kappa shape index (κ1) is 15.6. The van der Waals surface area contributed by atoms with Gasteiger partial charge in [0.15, 0.2) is 0 Å².